The summed E-state index contributed by atoms with van der Waals surface area (Å²) in [7, 11) is 0. The monoisotopic (exact) mass is 314 g/mol. The van der Waals surface area contributed by atoms with Crippen LogP contribution in [0.4, 0.5) is 0 Å². The predicted octanol–water partition coefficient (Wildman–Crippen LogP) is 2.28. The van der Waals surface area contributed by atoms with Gasteiger partial charge in [-0.3, -0.25) is 4.90 Å². The van der Waals surface area contributed by atoms with Crippen LogP contribution in [0.3, 0.4) is 0 Å². The van der Waals surface area contributed by atoms with Crippen LogP contribution in [0.1, 0.15) is 24.8 Å². The van der Waals surface area contributed by atoms with Crippen molar-refractivity contribution in [3.8, 4) is 5.75 Å². The van der Waals surface area contributed by atoms with Crippen LogP contribution in [0.25, 0.3) is 0 Å². The Morgan fingerprint density at radius 2 is 2.04 bits per heavy atom. The lowest BCUT2D eigenvalue weighted by atomic mass is 10.1. The van der Waals surface area contributed by atoms with Gasteiger partial charge in [-0.05, 0) is 50.0 Å². The highest BCUT2D eigenvalue weighted by Gasteiger charge is 2.13. The van der Waals surface area contributed by atoms with Crippen LogP contribution < -0.4 is 10.5 Å². The molecule has 2 aromatic rings. The molecule has 1 aromatic heterocycles. The predicted molar refractivity (Wildman–Crippen MR) is 91.3 cm³/mol. The van der Waals surface area contributed by atoms with E-state index in [9.17, 15) is 0 Å². The van der Waals surface area contributed by atoms with Crippen molar-refractivity contribution in [3.05, 3.63) is 48.5 Å². The third-order valence-electron chi connectivity index (χ3n) is 4.37. The molecule has 1 atom stereocenters. The van der Waals surface area contributed by atoms with Gasteiger partial charge < -0.3 is 15.0 Å². The molecular formula is C18H26N4O. The third kappa shape index (κ3) is 5.08. The van der Waals surface area contributed by atoms with Crippen LogP contribution in [-0.4, -0.2) is 40.2 Å². The van der Waals surface area contributed by atoms with E-state index < -0.39 is 0 Å². The molecule has 0 amide bonds. The molecule has 124 valence electrons. The molecule has 0 aliphatic carbocycles. The summed E-state index contributed by atoms with van der Waals surface area (Å²) >= 11 is 0. The van der Waals surface area contributed by atoms with Crippen LogP contribution in [0, 0.1) is 0 Å². The van der Waals surface area contributed by atoms with Crippen molar-refractivity contribution in [2.24, 2.45) is 5.73 Å². The fourth-order valence-corrected chi connectivity index (χ4v) is 2.98. The average Bonchev–Trinajstić information content (AvgIpc) is 2.99. The molecular weight excluding hydrogens is 288 g/mol. The molecule has 2 N–H and O–H groups in total. The quantitative estimate of drug-likeness (QED) is 0.889. The van der Waals surface area contributed by atoms with Crippen molar-refractivity contribution in [2.45, 2.75) is 38.4 Å². The Bertz CT molecular complexity index is 567. The second-order valence-corrected chi connectivity index (χ2v) is 6.26. The molecule has 0 spiro atoms. The number of imidazole rings is 1. The number of nitrogens with zero attached hydrogens (tertiary/aromatic N) is 3. The van der Waals surface area contributed by atoms with Crippen molar-refractivity contribution < 1.29 is 4.74 Å². The first-order valence-corrected chi connectivity index (χ1v) is 8.45. The number of nitrogens with two attached hydrogens (primary N) is 1. The average molecular weight is 314 g/mol. The fraction of sp³-hybridized carbons (Fsp3) is 0.500. The van der Waals surface area contributed by atoms with Crippen LogP contribution in [-0.2, 0) is 13.1 Å². The highest BCUT2D eigenvalue weighted by molar-refractivity contribution is 5.27. The maximum absolute atomic E-state index is 6.04. The van der Waals surface area contributed by atoms with Gasteiger partial charge in [0.25, 0.3) is 0 Å². The molecule has 1 aromatic carbocycles. The maximum Gasteiger partial charge on any atom is 0.119 e. The molecule has 5 nitrogen and oxygen atoms in total. The van der Waals surface area contributed by atoms with E-state index >= 15 is 0 Å². The van der Waals surface area contributed by atoms with Crippen LogP contribution >= 0.6 is 0 Å². The van der Waals surface area contributed by atoms with Gasteiger partial charge in [-0.15, -0.1) is 0 Å². The zero-order valence-electron chi connectivity index (χ0n) is 13.6. The lowest BCUT2D eigenvalue weighted by molar-refractivity contribution is 0.275. The van der Waals surface area contributed by atoms with Gasteiger partial charge in [0, 0.05) is 25.0 Å². The second-order valence-electron chi connectivity index (χ2n) is 6.26. The van der Waals surface area contributed by atoms with Crippen molar-refractivity contribution in [2.75, 3.05) is 19.7 Å². The second kappa shape index (κ2) is 8.13. The van der Waals surface area contributed by atoms with Gasteiger partial charge in [0.2, 0.25) is 0 Å². The summed E-state index contributed by atoms with van der Waals surface area (Å²) in [4.78, 5) is 6.52. The lowest BCUT2D eigenvalue weighted by Crippen LogP contribution is -2.26. The van der Waals surface area contributed by atoms with Crippen molar-refractivity contribution in [3.63, 3.8) is 0 Å². The first kappa shape index (κ1) is 16.0. The molecule has 1 aliphatic heterocycles. The van der Waals surface area contributed by atoms with Gasteiger partial charge in [-0.1, -0.05) is 12.1 Å². The molecule has 23 heavy (non-hydrogen) atoms. The van der Waals surface area contributed by atoms with Crippen LogP contribution in [0.15, 0.2) is 43.0 Å². The number of hydrogen-bond acceptors (Lipinski definition) is 4. The maximum atomic E-state index is 6.04. The highest BCUT2D eigenvalue weighted by Crippen LogP contribution is 2.16. The van der Waals surface area contributed by atoms with Gasteiger partial charge in [0.15, 0.2) is 0 Å². The smallest absolute Gasteiger partial charge is 0.119 e. The highest BCUT2D eigenvalue weighted by atomic mass is 16.5. The molecule has 1 saturated heterocycles. The van der Waals surface area contributed by atoms with Gasteiger partial charge in [-0.25, -0.2) is 4.98 Å². The Morgan fingerprint density at radius 3 is 2.83 bits per heavy atom. The van der Waals surface area contributed by atoms with E-state index in [0.29, 0.717) is 12.6 Å². The largest absolute Gasteiger partial charge is 0.492 e. The van der Waals surface area contributed by atoms with E-state index in [1.54, 1.807) is 12.5 Å². The topological polar surface area (TPSA) is 56.3 Å². The van der Waals surface area contributed by atoms with Crippen molar-refractivity contribution in [1.82, 2.24) is 14.5 Å². The zero-order valence-corrected chi connectivity index (χ0v) is 13.6. The van der Waals surface area contributed by atoms with Crippen LogP contribution in [0.5, 0.6) is 5.75 Å². The van der Waals surface area contributed by atoms with Crippen LogP contribution in [0.2, 0.25) is 0 Å². The lowest BCUT2D eigenvalue weighted by Gasteiger charge is -2.20. The number of likely N-dealkylation sites (tertiary alicyclic amines) is 1. The molecule has 1 aliphatic rings. The van der Waals surface area contributed by atoms with Crippen molar-refractivity contribution >= 4 is 0 Å². The zero-order chi connectivity index (χ0) is 15.9. The summed E-state index contributed by atoms with van der Waals surface area (Å²) in [5.41, 5.74) is 7.38. The Labute approximate surface area is 138 Å². The molecule has 3 rings (SSSR count). The molecule has 1 fully saturated rings. The normalized spacial score (nSPS) is 19.4. The summed E-state index contributed by atoms with van der Waals surface area (Å²) in [6, 6.07) is 8.83. The minimum absolute atomic E-state index is 0.381. The SMILES string of the molecule is N[C@@H]1CCCN(Cc2ccc(OCCn3ccnc3)cc2)CC1. The summed E-state index contributed by atoms with van der Waals surface area (Å²) in [6.45, 7) is 4.72. The Hall–Kier alpha value is -1.85. The molecule has 5 heteroatoms. The first-order chi connectivity index (χ1) is 11.3. The number of benzene rings is 1. The van der Waals surface area contributed by atoms with Gasteiger partial charge >= 0.3 is 0 Å². The molecule has 0 radical (unpaired) electrons. The van der Waals surface area contributed by atoms with Crippen molar-refractivity contribution in [1.29, 1.82) is 0 Å². The first-order valence-electron chi connectivity index (χ1n) is 8.45. The van der Waals surface area contributed by atoms with E-state index in [-0.39, 0.29) is 0 Å². The summed E-state index contributed by atoms with van der Waals surface area (Å²) in [5, 5.41) is 0. The van der Waals surface area contributed by atoms with E-state index in [4.69, 9.17) is 10.5 Å². The van der Waals surface area contributed by atoms with E-state index in [0.717, 1.165) is 44.8 Å². The number of hydrogen-bond donors (Lipinski definition) is 1. The van der Waals surface area contributed by atoms with E-state index in [1.807, 2.05) is 10.8 Å². The van der Waals surface area contributed by atoms with Gasteiger partial charge in [0.05, 0.1) is 12.9 Å². The summed E-state index contributed by atoms with van der Waals surface area (Å²) < 4.78 is 7.79. The van der Waals surface area contributed by atoms with Gasteiger partial charge in [0.1, 0.15) is 12.4 Å². The summed E-state index contributed by atoms with van der Waals surface area (Å²) in [6.07, 6.45) is 9.00. The molecule has 0 unspecified atom stereocenters. The fourth-order valence-electron chi connectivity index (χ4n) is 2.98. The third-order valence-corrected chi connectivity index (χ3v) is 4.37. The molecule has 2 heterocycles. The number of rotatable bonds is 6. The molecule has 0 saturated carbocycles. The summed E-state index contributed by atoms with van der Waals surface area (Å²) in [5.74, 6) is 0.923. The van der Waals surface area contributed by atoms with Gasteiger partial charge in [-0.2, -0.15) is 0 Å². The Balaban J connectivity index is 1.45. The van der Waals surface area contributed by atoms with E-state index in [2.05, 4.69) is 34.1 Å². The molecule has 0 bridgehead atoms. The minimum Gasteiger partial charge on any atom is -0.492 e. The Morgan fingerprint density at radius 1 is 1.17 bits per heavy atom. The Kier molecular flexibility index (Phi) is 5.66. The standard InChI is InChI=1S/C18H26N4O/c19-17-2-1-9-21(10-7-17)14-16-3-5-18(6-4-16)23-13-12-22-11-8-20-15-22/h3-6,8,11,15,17H,1-2,7,9-10,12-14,19H2/t17-/m1/s1. The minimum atomic E-state index is 0.381. The number of aromatic nitrogens is 2. The number of ether oxygens (including phenoxy) is 1. The van der Waals surface area contributed by atoms with E-state index in [1.165, 1.54) is 12.0 Å².